The molecule has 0 saturated heterocycles. The second-order valence-electron chi connectivity index (χ2n) is 4.49. The van der Waals surface area contributed by atoms with Crippen LogP contribution in [-0.2, 0) is 11.0 Å². The lowest BCUT2D eigenvalue weighted by molar-refractivity contribution is -0.137. The van der Waals surface area contributed by atoms with Crippen LogP contribution < -0.4 is 10.1 Å². The Kier molecular flexibility index (Phi) is 5.10. The van der Waals surface area contributed by atoms with E-state index >= 15 is 0 Å². The molecule has 0 aliphatic heterocycles. The average Bonchev–Trinajstić information content (AvgIpc) is 2.46. The van der Waals surface area contributed by atoms with E-state index in [1.54, 1.807) is 0 Å². The van der Waals surface area contributed by atoms with Crippen LogP contribution in [0.5, 0.6) is 5.75 Å². The molecule has 23 heavy (non-hydrogen) atoms. The number of hydrogen-bond acceptors (Lipinski definition) is 2. The van der Waals surface area contributed by atoms with Crippen LogP contribution in [0, 0.1) is 5.82 Å². The highest BCUT2D eigenvalue weighted by molar-refractivity contribution is 6.32. The lowest BCUT2D eigenvalue weighted by atomic mass is 10.2. The number of benzene rings is 2. The van der Waals surface area contributed by atoms with Gasteiger partial charge in [0, 0.05) is 5.69 Å². The number of nitrogens with one attached hydrogen (secondary N) is 1. The summed E-state index contributed by atoms with van der Waals surface area (Å²) in [6, 6.07) is 7.39. The van der Waals surface area contributed by atoms with Gasteiger partial charge in [-0.05, 0) is 42.5 Å². The molecule has 1 amide bonds. The summed E-state index contributed by atoms with van der Waals surface area (Å²) >= 11 is 5.73. The van der Waals surface area contributed by atoms with E-state index in [-0.39, 0.29) is 16.5 Å². The maximum atomic E-state index is 12.9. The van der Waals surface area contributed by atoms with Crippen molar-refractivity contribution in [3.63, 3.8) is 0 Å². The van der Waals surface area contributed by atoms with Gasteiger partial charge in [-0.1, -0.05) is 11.6 Å². The van der Waals surface area contributed by atoms with E-state index in [1.807, 2.05) is 0 Å². The van der Waals surface area contributed by atoms with Crippen molar-refractivity contribution in [2.75, 3.05) is 11.9 Å². The fraction of sp³-hybridized carbons (Fsp3) is 0.133. The maximum absolute atomic E-state index is 12.9. The highest BCUT2D eigenvalue weighted by Gasteiger charge is 2.29. The Labute approximate surface area is 133 Å². The second kappa shape index (κ2) is 6.87. The predicted octanol–water partition coefficient (Wildman–Crippen LogP) is 4.52. The van der Waals surface area contributed by atoms with Crippen molar-refractivity contribution in [3.8, 4) is 5.75 Å². The van der Waals surface area contributed by atoms with E-state index in [9.17, 15) is 22.4 Å². The number of amides is 1. The van der Waals surface area contributed by atoms with E-state index in [2.05, 4.69) is 5.32 Å². The molecule has 2 rings (SSSR count). The lowest BCUT2D eigenvalue weighted by Crippen LogP contribution is -2.20. The Morgan fingerprint density at radius 1 is 1.13 bits per heavy atom. The third-order valence-electron chi connectivity index (χ3n) is 2.75. The minimum absolute atomic E-state index is 0.00679. The largest absolute Gasteiger partial charge is 0.482 e. The highest BCUT2D eigenvalue weighted by Crippen LogP contribution is 2.30. The first-order valence-electron chi connectivity index (χ1n) is 6.30. The molecule has 0 radical (unpaired) electrons. The van der Waals surface area contributed by atoms with E-state index in [1.165, 1.54) is 6.07 Å². The molecular weight excluding hydrogens is 338 g/mol. The van der Waals surface area contributed by atoms with Crippen LogP contribution >= 0.6 is 11.6 Å². The van der Waals surface area contributed by atoms with Gasteiger partial charge in [0.15, 0.2) is 6.61 Å². The molecule has 0 fully saturated rings. The number of carbonyl (C=O) groups excluding carboxylic acids is 1. The number of halogens is 5. The van der Waals surface area contributed by atoms with Crippen molar-refractivity contribution in [1.82, 2.24) is 0 Å². The highest BCUT2D eigenvalue weighted by atomic mass is 35.5. The normalized spacial score (nSPS) is 11.2. The van der Waals surface area contributed by atoms with Crippen molar-refractivity contribution in [3.05, 3.63) is 58.9 Å². The van der Waals surface area contributed by atoms with Gasteiger partial charge >= 0.3 is 6.18 Å². The maximum Gasteiger partial charge on any atom is 0.416 e. The summed E-state index contributed by atoms with van der Waals surface area (Å²) in [7, 11) is 0. The fourth-order valence-corrected chi connectivity index (χ4v) is 1.90. The molecule has 0 unspecified atom stereocenters. The molecule has 0 saturated carbocycles. The van der Waals surface area contributed by atoms with Crippen molar-refractivity contribution >= 4 is 23.2 Å². The van der Waals surface area contributed by atoms with Gasteiger partial charge in [0.1, 0.15) is 11.6 Å². The van der Waals surface area contributed by atoms with Crippen LogP contribution in [0.1, 0.15) is 5.56 Å². The van der Waals surface area contributed by atoms with E-state index in [0.717, 1.165) is 36.4 Å². The monoisotopic (exact) mass is 347 g/mol. The van der Waals surface area contributed by atoms with Crippen LogP contribution in [0.15, 0.2) is 42.5 Å². The van der Waals surface area contributed by atoms with Gasteiger partial charge < -0.3 is 10.1 Å². The van der Waals surface area contributed by atoms with Gasteiger partial charge in [-0.25, -0.2) is 4.39 Å². The minimum Gasteiger partial charge on any atom is -0.482 e. The van der Waals surface area contributed by atoms with Crippen molar-refractivity contribution in [1.29, 1.82) is 0 Å². The summed E-state index contributed by atoms with van der Waals surface area (Å²) in [5.41, 5.74) is -0.623. The molecule has 3 nitrogen and oxygen atoms in total. The summed E-state index contributed by atoms with van der Waals surface area (Å²) in [6.07, 6.45) is -4.44. The topological polar surface area (TPSA) is 38.3 Å². The Hall–Kier alpha value is -2.28. The number of ether oxygens (including phenoxy) is 1. The zero-order valence-corrected chi connectivity index (χ0v) is 12.2. The van der Waals surface area contributed by atoms with Crippen LogP contribution in [-0.4, -0.2) is 12.5 Å². The van der Waals surface area contributed by atoms with Gasteiger partial charge in [-0.3, -0.25) is 4.79 Å². The smallest absolute Gasteiger partial charge is 0.416 e. The number of rotatable bonds is 4. The standard InChI is InChI=1S/C15H10ClF4NO2/c16-12-7-10(17)3-6-13(12)23-8-14(22)21-11-4-1-9(2-5-11)15(18,19)20/h1-7H,8H2,(H,21,22). The molecule has 0 heterocycles. The second-order valence-corrected chi connectivity index (χ2v) is 4.89. The van der Waals surface area contributed by atoms with E-state index in [0.29, 0.717) is 0 Å². The Morgan fingerprint density at radius 3 is 2.35 bits per heavy atom. The molecule has 0 aliphatic rings. The summed E-state index contributed by atoms with van der Waals surface area (Å²) in [4.78, 5) is 11.7. The zero-order valence-electron chi connectivity index (χ0n) is 11.5. The molecule has 2 aromatic rings. The molecule has 0 atom stereocenters. The van der Waals surface area contributed by atoms with Crippen LogP contribution in [0.25, 0.3) is 0 Å². The molecule has 2 aromatic carbocycles. The molecule has 0 aromatic heterocycles. The van der Waals surface area contributed by atoms with Gasteiger partial charge in [0.25, 0.3) is 5.91 Å². The Balaban J connectivity index is 1.92. The van der Waals surface area contributed by atoms with E-state index < -0.39 is 30.1 Å². The zero-order chi connectivity index (χ0) is 17.0. The molecule has 0 bridgehead atoms. The first-order valence-corrected chi connectivity index (χ1v) is 6.68. The van der Waals surface area contributed by atoms with Crippen molar-refractivity contribution in [2.45, 2.75) is 6.18 Å². The third kappa shape index (κ3) is 4.85. The third-order valence-corrected chi connectivity index (χ3v) is 3.04. The number of hydrogen-bond donors (Lipinski definition) is 1. The number of alkyl halides is 3. The van der Waals surface area contributed by atoms with Gasteiger partial charge in [0.2, 0.25) is 0 Å². The van der Waals surface area contributed by atoms with Crippen LogP contribution in [0.2, 0.25) is 5.02 Å². The lowest BCUT2D eigenvalue weighted by Gasteiger charge is -2.10. The molecule has 1 N–H and O–H groups in total. The Morgan fingerprint density at radius 2 is 1.78 bits per heavy atom. The molecule has 122 valence electrons. The average molecular weight is 348 g/mol. The minimum atomic E-state index is -4.44. The van der Waals surface area contributed by atoms with Crippen LogP contribution in [0.3, 0.4) is 0 Å². The van der Waals surface area contributed by atoms with Crippen LogP contribution in [0.4, 0.5) is 23.2 Å². The summed E-state index contributed by atoms with van der Waals surface area (Å²) in [5.74, 6) is -1.02. The number of anilines is 1. The van der Waals surface area contributed by atoms with E-state index in [4.69, 9.17) is 16.3 Å². The van der Waals surface area contributed by atoms with Crippen molar-refractivity contribution < 1.29 is 27.1 Å². The SMILES string of the molecule is O=C(COc1ccc(F)cc1Cl)Nc1ccc(C(F)(F)F)cc1. The quantitative estimate of drug-likeness (QED) is 0.826. The molecular formula is C15H10ClF4NO2. The van der Waals surface area contributed by atoms with Gasteiger partial charge in [-0.2, -0.15) is 13.2 Å². The molecule has 0 spiro atoms. The van der Waals surface area contributed by atoms with Gasteiger partial charge in [0.05, 0.1) is 10.6 Å². The summed E-state index contributed by atoms with van der Waals surface area (Å²) < 4.78 is 55.2. The summed E-state index contributed by atoms with van der Waals surface area (Å²) in [6.45, 7) is -0.424. The van der Waals surface area contributed by atoms with Gasteiger partial charge in [-0.15, -0.1) is 0 Å². The van der Waals surface area contributed by atoms with Crippen molar-refractivity contribution in [2.24, 2.45) is 0 Å². The Bertz CT molecular complexity index is 702. The first kappa shape index (κ1) is 17.1. The summed E-state index contributed by atoms with van der Waals surface area (Å²) in [5, 5.41) is 2.38. The fourth-order valence-electron chi connectivity index (χ4n) is 1.68. The predicted molar refractivity (Wildman–Crippen MR) is 77.0 cm³/mol. The number of carbonyl (C=O) groups is 1. The first-order chi connectivity index (χ1) is 10.8. The molecule has 0 aliphatic carbocycles. The molecule has 8 heteroatoms.